The van der Waals surface area contributed by atoms with Crippen LogP contribution in [0.25, 0.3) is 0 Å². The second-order valence-corrected chi connectivity index (χ2v) is 3.51. The van der Waals surface area contributed by atoms with Gasteiger partial charge in [-0.3, -0.25) is 5.41 Å². The van der Waals surface area contributed by atoms with Crippen LogP contribution in [-0.4, -0.2) is 15.8 Å². The van der Waals surface area contributed by atoms with Gasteiger partial charge in [-0.1, -0.05) is 11.6 Å². The van der Waals surface area contributed by atoms with Crippen molar-refractivity contribution in [3.63, 3.8) is 0 Å². The van der Waals surface area contributed by atoms with Crippen molar-refractivity contribution in [1.29, 1.82) is 5.41 Å². The lowest BCUT2D eigenvalue weighted by Crippen LogP contribution is -2.14. The van der Waals surface area contributed by atoms with Gasteiger partial charge in [0.25, 0.3) is 0 Å². The maximum absolute atomic E-state index is 7.22. The van der Waals surface area contributed by atoms with E-state index in [1.54, 1.807) is 0 Å². The molecule has 68 valence electrons. The zero-order valence-electron chi connectivity index (χ0n) is 6.92. The highest BCUT2D eigenvalue weighted by molar-refractivity contribution is 6.29. The molecule has 0 saturated heterocycles. The SMILES string of the molecule is N=C(N)c1cc(Cl)nc(C2CC2)n1. The van der Waals surface area contributed by atoms with Crippen LogP contribution in [0.3, 0.4) is 0 Å². The van der Waals surface area contributed by atoms with Crippen molar-refractivity contribution in [2.75, 3.05) is 0 Å². The Labute approximate surface area is 80.7 Å². The Balaban J connectivity index is 2.41. The number of nitrogens with two attached hydrogens (primary N) is 1. The van der Waals surface area contributed by atoms with E-state index in [4.69, 9.17) is 22.7 Å². The largest absolute Gasteiger partial charge is 0.382 e. The van der Waals surface area contributed by atoms with Gasteiger partial charge in [-0.25, -0.2) is 9.97 Å². The molecule has 3 N–H and O–H groups in total. The molecule has 1 aliphatic carbocycles. The Kier molecular flexibility index (Phi) is 1.92. The van der Waals surface area contributed by atoms with Crippen molar-refractivity contribution in [1.82, 2.24) is 9.97 Å². The lowest BCUT2D eigenvalue weighted by Gasteiger charge is -2.01. The Morgan fingerprint density at radius 1 is 1.54 bits per heavy atom. The smallest absolute Gasteiger partial charge is 0.141 e. The Morgan fingerprint density at radius 3 is 2.77 bits per heavy atom. The molecule has 4 nitrogen and oxygen atoms in total. The second-order valence-electron chi connectivity index (χ2n) is 3.12. The minimum atomic E-state index is -0.0637. The molecule has 0 atom stereocenters. The molecule has 13 heavy (non-hydrogen) atoms. The van der Waals surface area contributed by atoms with Gasteiger partial charge < -0.3 is 5.73 Å². The number of halogens is 1. The summed E-state index contributed by atoms with van der Waals surface area (Å²) in [6.45, 7) is 0. The Hall–Kier alpha value is -1.16. The average molecular weight is 197 g/mol. The summed E-state index contributed by atoms with van der Waals surface area (Å²) in [6.07, 6.45) is 2.22. The fourth-order valence-electron chi connectivity index (χ4n) is 1.10. The molecule has 1 aromatic heterocycles. The molecule has 0 aromatic carbocycles. The molecule has 1 saturated carbocycles. The zero-order chi connectivity index (χ0) is 9.42. The average Bonchev–Trinajstić information content (AvgIpc) is 2.85. The van der Waals surface area contributed by atoms with E-state index >= 15 is 0 Å². The van der Waals surface area contributed by atoms with Crippen LogP contribution >= 0.6 is 11.6 Å². The van der Waals surface area contributed by atoms with Crippen LogP contribution in [0.4, 0.5) is 0 Å². The molecule has 0 radical (unpaired) electrons. The summed E-state index contributed by atoms with van der Waals surface area (Å²) < 4.78 is 0. The van der Waals surface area contributed by atoms with E-state index in [-0.39, 0.29) is 5.84 Å². The van der Waals surface area contributed by atoms with E-state index in [1.165, 1.54) is 6.07 Å². The standard InChI is InChI=1S/C8H9ClN4/c9-6-3-5(7(10)11)12-8(13-6)4-1-2-4/h3-4H,1-2H2,(H3,10,11). The molecule has 2 rings (SSSR count). The van der Waals surface area contributed by atoms with Crippen molar-refractivity contribution in [2.45, 2.75) is 18.8 Å². The number of aromatic nitrogens is 2. The van der Waals surface area contributed by atoms with Crippen LogP contribution in [0.1, 0.15) is 30.3 Å². The molecule has 1 heterocycles. The minimum Gasteiger partial charge on any atom is -0.382 e. The number of nitrogen functional groups attached to an aromatic ring is 1. The second kappa shape index (κ2) is 2.96. The van der Waals surface area contributed by atoms with Crippen molar-refractivity contribution >= 4 is 17.4 Å². The fourth-order valence-corrected chi connectivity index (χ4v) is 1.29. The molecular weight excluding hydrogens is 188 g/mol. The highest BCUT2D eigenvalue weighted by atomic mass is 35.5. The molecule has 0 bridgehead atoms. The fraction of sp³-hybridized carbons (Fsp3) is 0.375. The van der Waals surface area contributed by atoms with Crippen molar-refractivity contribution in [3.05, 3.63) is 22.7 Å². The number of nitrogens with zero attached hydrogens (tertiary/aromatic N) is 2. The highest BCUT2D eigenvalue weighted by Gasteiger charge is 2.27. The molecule has 0 spiro atoms. The van der Waals surface area contributed by atoms with E-state index in [0.29, 0.717) is 16.8 Å². The molecule has 0 amide bonds. The van der Waals surface area contributed by atoms with E-state index in [1.807, 2.05) is 0 Å². The van der Waals surface area contributed by atoms with Crippen molar-refractivity contribution in [3.8, 4) is 0 Å². The number of hydrogen-bond acceptors (Lipinski definition) is 3. The topological polar surface area (TPSA) is 75.7 Å². The predicted molar refractivity (Wildman–Crippen MR) is 50.0 cm³/mol. The van der Waals surface area contributed by atoms with E-state index in [9.17, 15) is 0 Å². The lowest BCUT2D eigenvalue weighted by molar-refractivity contribution is 0.919. The first-order valence-electron chi connectivity index (χ1n) is 4.05. The quantitative estimate of drug-likeness (QED) is 0.425. The van der Waals surface area contributed by atoms with Gasteiger partial charge in [-0.15, -0.1) is 0 Å². The van der Waals surface area contributed by atoms with Gasteiger partial charge in [0, 0.05) is 12.0 Å². The van der Waals surface area contributed by atoms with E-state index in [2.05, 4.69) is 9.97 Å². The van der Waals surface area contributed by atoms with Gasteiger partial charge in [0.15, 0.2) is 0 Å². The van der Waals surface area contributed by atoms with Crippen LogP contribution in [0, 0.1) is 5.41 Å². The number of hydrogen-bond donors (Lipinski definition) is 2. The van der Waals surface area contributed by atoms with E-state index < -0.39 is 0 Å². The third-order valence-corrected chi connectivity index (χ3v) is 2.12. The van der Waals surface area contributed by atoms with Crippen LogP contribution < -0.4 is 5.73 Å². The minimum absolute atomic E-state index is 0.0637. The summed E-state index contributed by atoms with van der Waals surface area (Å²) >= 11 is 5.76. The molecule has 1 aliphatic rings. The van der Waals surface area contributed by atoms with Crippen LogP contribution in [0.2, 0.25) is 5.15 Å². The number of nitrogens with one attached hydrogen (secondary N) is 1. The summed E-state index contributed by atoms with van der Waals surface area (Å²) in [4.78, 5) is 8.23. The van der Waals surface area contributed by atoms with Crippen molar-refractivity contribution in [2.24, 2.45) is 5.73 Å². The summed E-state index contributed by atoms with van der Waals surface area (Å²) in [5.74, 6) is 1.08. The van der Waals surface area contributed by atoms with Gasteiger partial charge in [-0.2, -0.15) is 0 Å². The molecule has 0 unspecified atom stereocenters. The summed E-state index contributed by atoms with van der Waals surface area (Å²) in [5.41, 5.74) is 5.72. The zero-order valence-corrected chi connectivity index (χ0v) is 7.67. The first-order valence-corrected chi connectivity index (χ1v) is 4.43. The highest BCUT2D eigenvalue weighted by Crippen LogP contribution is 2.38. The molecule has 1 fully saturated rings. The van der Waals surface area contributed by atoms with Gasteiger partial charge in [0.1, 0.15) is 22.5 Å². The van der Waals surface area contributed by atoms with Crippen LogP contribution in [0.5, 0.6) is 0 Å². The monoisotopic (exact) mass is 196 g/mol. The Morgan fingerprint density at radius 2 is 2.23 bits per heavy atom. The van der Waals surface area contributed by atoms with Crippen LogP contribution in [0.15, 0.2) is 6.07 Å². The van der Waals surface area contributed by atoms with E-state index in [0.717, 1.165) is 18.7 Å². The van der Waals surface area contributed by atoms with Crippen LogP contribution in [-0.2, 0) is 0 Å². The molecular formula is C8H9ClN4. The molecule has 0 aliphatic heterocycles. The van der Waals surface area contributed by atoms with Gasteiger partial charge in [0.05, 0.1) is 0 Å². The van der Waals surface area contributed by atoms with Gasteiger partial charge in [-0.05, 0) is 12.8 Å². The summed E-state index contributed by atoms with van der Waals surface area (Å²) in [5, 5.41) is 7.58. The molecule has 1 aromatic rings. The number of amidine groups is 1. The summed E-state index contributed by atoms with van der Waals surface area (Å²) in [7, 11) is 0. The Bertz CT molecular complexity index is 359. The maximum Gasteiger partial charge on any atom is 0.141 e. The maximum atomic E-state index is 7.22. The third-order valence-electron chi connectivity index (χ3n) is 1.93. The first kappa shape index (κ1) is 8.44. The third kappa shape index (κ3) is 1.78. The van der Waals surface area contributed by atoms with Gasteiger partial charge in [0.2, 0.25) is 0 Å². The molecule has 5 heteroatoms. The lowest BCUT2D eigenvalue weighted by atomic mass is 10.3. The summed E-state index contributed by atoms with van der Waals surface area (Å²) in [6, 6.07) is 1.51. The van der Waals surface area contributed by atoms with Crippen molar-refractivity contribution < 1.29 is 0 Å². The predicted octanol–water partition coefficient (Wildman–Crippen LogP) is 1.29. The van der Waals surface area contributed by atoms with Gasteiger partial charge >= 0.3 is 0 Å². The normalized spacial score (nSPS) is 15.8. The number of rotatable bonds is 2. The first-order chi connectivity index (χ1) is 6.16.